The highest BCUT2D eigenvalue weighted by molar-refractivity contribution is 5.90. The summed E-state index contributed by atoms with van der Waals surface area (Å²) in [5.74, 6) is -1.53. The average Bonchev–Trinajstić information content (AvgIpc) is 3.47. The molecule has 3 aromatic rings. The van der Waals surface area contributed by atoms with E-state index in [0.29, 0.717) is 48.9 Å². The van der Waals surface area contributed by atoms with Gasteiger partial charge in [-0.2, -0.15) is 4.98 Å². The summed E-state index contributed by atoms with van der Waals surface area (Å²) < 4.78 is 20.3. The summed E-state index contributed by atoms with van der Waals surface area (Å²) in [6.07, 6.45) is -1.30. The summed E-state index contributed by atoms with van der Waals surface area (Å²) in [6.45, 7) is 3.33. The number of oxazole rings is 1. The summed E-state index contributed by atoms with van der Waals surface area (Å²) in [4.78, 5) is 46.5. The number of carbonyl (C=O) groups excluding carboxylic acids is 2. The predicted octanol–water partition coefficient (Wildman–Crippen LogP) is 2.59. The number of nitrogens with one attached hydrogen (secondary N) is 1. The summed E-state index contributed by atoms with van der Waals surface area (Å²) in [6, 6.07) is 12.5. The zero-order chi connectivity index (χ0) is 26.8. The number of rotatable bonds is 7. The van der Waals surface area contributed by atoms with Gasteiger partial charge in [0.2, 0.25) is 11.8 Å². The van der Waals surface area contributed by atoms with Crippen LogP contribution >= 0.6 is 0 Å². The topological polar surface area (TPSA) is 119 Å². The molecule has 0 aliphatic carbocycles. The Bertz CT molecular complexity index is 1350. The molecule has 2 atom stereocenters. The number of aliphatic carboxylic acids is 1. The number of alkyl halides is 1. The lowest BCUT2D eigenvalue weighted by Gasteiger charge is -2.36. The minimum atomic E-state index is -1.27. The molecule has 2 fully saturated rings. The Morgan fingerprint density at radius 1 is 1.13 bits per heavy atom. The lowest BCUT2D eigenvalue weighted by molar-refractivity contribution is -0.145. The first kappa shape index (κ1) is 25.7. The van der Waals surface area contributed by atoms with Crippen LogP contribution < -0.4 is 5.32 Å². The maximum atomic E-state index is 14.4. The van der Waals surface area contributed by atoms with Crippen molar-refractivity contribution in [1.82, 2.24) is 19.7 Å². The molecule has 2 N–H and O–H groups in total. The van der Waals surface area contributed by atoms with Crippen molar-refractivity contribution in [2.75, 3.05) is 44.6 Å². The lowest BCUT2D eigenvalue weighted by atomic mass is 10.1. The zero-order valence-electron chi connectivity index (χ0n) is 21.1. The maximum Gasteiger partial charge on any atom is 0.317 e. The number of fused-ring (bicyclic) bond motifs is 1. The monoisotopic (exact) mass is 523 g/mol. The number of hydrogen-bond donors (Lipinski definition) is 2. The number of anilines is 2. The van der Waals surface area contributed by atoms with E-state index in [4.69, 9.17) is 9.52 Å². The quantitative estimate of drug-likeness (QED) is 0.485. The number of hydrogen-bond acceptors (Lipinski definition) is 7. The van der Waals surface area contributed by atoms with Gasteiger partial charge in [0.15, 0.2) is 5.58 Å². The Balaban J connectivity index is 1.24. The van der Waals surface area contributed by atoms with E-state index in [-0.39, 0.29) is 37.7 Å². The van der Waals surface area contributed by atoms with Gasteiger partial charge in [0.25, 0.3) is 6.01 Å². The molecule has 0 unspecified atom stereocenters. The van der Waals surface area contributed by atoms with Gasteiger partial charge in [0, 0.05) is 38.3 Å². The fourth-order valence-electron chi connectivity index (χ4n) is 5.06. The van der Waals surface area contributed by atoms with Crippen molar-refractivity contribution in [2.24, 2.45) is 0 Å². The number of benzene rings is 2. The first-order valence-electron chi connectivity index (χ1n) is 12.7. The molecule has 2 saturated heterocycles. The molecule has 200 valence electrons. The van der Waals surface area contributed by atoms with Crippen molar-refractivity contribution in [2.45, 2.75) is 32.0 Å². The smallest absolute Gasteiger partial charge is 0.317 e. The van der Waals surface area contributed by atoms with E-state index in [1.807, 2.05) is 31.2 Å². The van der Waals surface area contributed by atoms with Crippen LogP contribution in [0.3, 0.4) is 0 Å². The van der Waals surface area contributed by atoms with Crippen LogP contribution in [0.5, 0.6) is 0 Å². The molecule has 2 aliphatic rings. The van der Waals surface area contributed by atoms with Gasteiger partial charge < -0.3 is 24.6 Å². The molecule has 38 heavy (non-hydrogen) atoms. The molecule has 5 rings (SSSR count). The standard InChI is InChI=1S/C27H30FN5O5/c1-17-4-2-3-5-20(17)29-27-30-21-7-6-18(12-23(21)38-27)13-24(34)33-15-19(28)14-22(33)26(37)32-10-8-31(9-11-32)16-25(35)36/h2-7,12,19,22H,8-11,13-16H2,1H3,(H,29,30)(H,35,36)/t19-,22-/m0/s1. The van der Waals surface area contributed by atoms with E-state index in [1.165, 1.54) is 4.90 Å². The normalized spacial score (nSPS) is 20.2. The second kappa shape index (κ2) is 10.8. The molecule has 10 nitrogen and oxygen atoms in total. The molecule has 11 heteroatoms. The van der Waals surface area contributed by atoms with Gasteiger partial charge in [-0.15, -0.1) is 0 Å². The van der Waals surface area contributed by atoms with E-state index in [0.717, 1.165) is 11.3 Å². The van der Waals surface area contributed by atoms with Crippen LogP contribution in [0, 0.1) is 6.92 Å². The van der Waals surface area contributed by atoms with Gasteiger partial charge in [-0.1, -0.05) is 24.3 Å². The molecule has 0 bridgehead atoms. The number of halogens is 1. The number of aromatic nitrogens is 1. The highest BCUT2D eigenvalue weighted by Gasteiger charge is 2.42. The van der Waals surface area contributed by atoms with Crippen LogP contribution in [0.2, 0.25) is 0 Å². The summed E-state index contributed by atoms with van der Waals surface area (Å²) in [7, 11) is 0. The Morgan fingerprint density at radius 3 is 2.63 bits per heavy atom. The Hall–Kier alpha value is -3.99. The van der Waals surface area contributed by atoms with Crippen molar-refractivity contribution >= 4 is 40.6 Å². The first-order chi connectivity index (χ1) is 18.3. The molecule has 0 radical (unpaired) electrons. The van der Waals surface area contributed by atoms with Gasteiger partial charge in [0.1, 0.15) is 17.7 Å². The fraction of sp³-hybridized carbons (Fsp3) is 0.407. The SMILES string of the molecule is Cc1ccccc1Nc1nc2ccc(CC(=O)N3C[C@@H](F)C[C@H]3C(=O)N3CCN(CC(=O)O)CC3)cc2o1. The molecule has 2 aromatic carbocycles. The van der Waals surface area contributed by atoms with E-state index in [9.17, 15) is 18.8 Å². The third-order valence-corrected chi connectivity index (χ3v) is 7.09. The van der Waals surface area contributed by atoms with Crippen LogP contribution in [0.25, 0.3) is 11.1 Å². The molecule has 1 aromatic heterocycles. The second-order valence-corrected chi connectivity index (χ2v) is 9.83. The van der Waals surface area contributed by atoms with Gasteiger partial charge in [-0.25, -0.2) is 4.39 Å². The number of nitrogens with zero attached hydrogens (tertiary/aromatic N) is 4. The summed E-state index contributed by atoms with van der Waals surface area (Å²) in [5, 5.41) is 12.1. The van der Waals surface area contributed by atoms with Crippen LogP contribution in [0.4, 0.5) is 16.1 Å². The van der Waals surface area contributed by atoms with E-state index < -0.39 is 18.2 Å². The Kier molecular flexibility index (Phi) is 7.28. The molecular formula is C27H30FN5O5. The van der Waals surface area contributed by atoms with Crippen molar-refractivity contribution < 1.29 is 28.3 Å². The average molecular weight is 524 g/mol. The van der Waals surface area contributed by atoms with E-state index in [2.05, 4.69) is 10.3 Å². The molecule has 0 spiro atoms. The molecular weight excluding hydrogens is 493 g/mol. The van der Waals surface area contributed by atoms with Crippen LogP contribution in [-0.2, 0) is 20.8 Å². The van der Waals surface area contributed by atoms with Gasteiger partial charge >= 0.3 is 5.97 Å². The highest BCUT2D eigenvalue weighted by atomic mass is 19.1. The van der Waals surface area contributed by atoms with E-state index in [1.54, 1.807) is 28.0 Å². The summed E-state index contributed by atoms with van der Waals surface area (Å²) in [5.41, 5.74) is 3.75. The highest BCUT2D eigenvalue weighted by Crippen LogP contribution is 2.27. The van der Waals surface area contributed by atoms with Crippen LogP contribution in [0.1, 0.15) is 17.5 Å². The minimum Gasteiger partial charge on any atom is -0.480 e. The van der Waals surface area contributed by atoms with Crippen molar-refractivity contribution in [3.8, 4) is 0 Å². The van der Waals surface area contributed by atoms with Crippen molar-refractivity contribution in [3.05, 3.63) is 53.6 Å². The van der Waals surface area contributed by atoms with E-state index >= 15 is 0 Å². The van der Waals surface area contributed by atoms with Crippen LogP contribution in [0.15, 0.2) is 46.9 Å². The lowest BCUT2D eigenvalue weighted by Crippen LogP contribution is -2.55. The van der Waals surface area contributed by atoms with Gasteiger partial charge in [-0.05, 0) is 36.2 Å². The number of piperazine rings is 1. The maximum absolute atomic E-state index is 14.4. The number of aryl methyl sites for hydroxylation is 1. The Morgan fingerprint density at radius 2 is 1.89 bits per heavy atom. The molecule has 2 amide bonds. The first-order valence-corrected chi connectivity index (χ1v) is 12.7. The number of carbonyl (C=O) groups is 3. The fourth-order valence-corrected chi connectivity index (χ4v) is 5.06. The number of carboxylic acid groups (broad SMARTS) is 1. The second-order valence-electron chi connectivity index (χ2n) is 9.83. The Labute approximate surface area is 219 Å². The number of carboxylic acids is 1. The van der Waals surface area contributed by atoms with Crippen molar-refractivity contribution in [3.63, 3.8) is 0 Å². The third kappa shape index (κ3) is 5.62. The zero-order valence-corrected chi connectivity index (χ0v) is 21.1. The van der Waals surface area contributed by atoms with Gasteiger partial charge in [0.05, 0.1) is 19.5 Å². The predicted molar refractivity (Wildman–Crippen MR) is 138 cm³/mol. The van der Waals surface area contributed by atoms with Gasteiger partial charge in [-0.3, -0.25) is 19.3 Å². The molecule has 0 saturated carbocycles. The number of para-hydroxylation sites is 1. The summed E-state index contributed by atoms with van der Waals surface area (Å²) >= 11 is 0. The number of amides is 2. The molecule has 3 heterocycles. The third-order valence-electron chi connectivity index (χ3n) is 7.09. The molecule has 2 aliphatic heterocycles. The van der Waals surface area contributed by atoms with Crippen molar-refractivity contribution in [1.29, 1.82) is 0 Å². The number of likely N-dealkylation sites (tertiary alicyclic amines) is 1. The minimum absolute atomic E-state index is 0.0000840. The largest absolute Gasteiger partial charge is 0.480 e. The van der Waals surface area contributed by atoms with Crippen LogP contribution in [-0.4, -0.2) is 94.1 Å².